The molecule has 0 aliphatic heterocycles. The number of carbonyl (C=O) groups is 1. The molecule has 0 bridgehead atoms. The van der Waals surface area contributed by atoms with Crippen LogP contribution >= 0.6 is 0 Å². The summed E-state index contributed by atoms with van der Waals surface area (Å²) in [7, 11) is 0. The molecule has 0 atom stereocenters. The molecule has 5 heteroatoms. The van der Waals surface area contributed by atoms with E-state index in [4.69, 9.17) is 0 Å². The van der Waals surface area contributed by atoms with Crippen LogP contribution in [0.3, 0.4) is 0 Å². The zero-order valence-corrected chi connectivity index (χ0v) is 14.4. The Hall–Kier alpha value is -2.69. The lowest BCUT2D eigenvalue weighted by Gasteiger charge is -2.08. The van der Waals surface area contributed by atoms with Gasteiger partial charge in [-0.25, -0.2) is 9.38 Å². The van der Waals surface area contributed by atoms with Gasteiger partial charge in [-0.15, -0.1) is 0 Å². The van der Waals surface area contributed by atoms with Crippen LogP contribution in [-0.2, 0) is 4.79 Å². The smallest absolute Gasteiger partial charge is 0.270 e. The highest BCUT2D eigenvalue weighted by Crippen LogP contribution is 2.18. The van der Waals surface area contributed by atoms with Crippen LogP contribution in [0.1, 0.15) is 33.3 Å². The maximum atomic E-state index is 13.5. The number of amides is 1. The maximum Gasteiger partial charge on any atom is 0.270 e. The Bertz CT molecular complexity index is 716. The number of halogens is 1. The number of nitrogens with zero attached hydrogens (tertiary/aromatic N) is 1. The van der Waals surface area contributed by atoms with E-state index >= 15 is 0 Å². The van der Waals surface area contributed by atoms with Crippen molar-refractivity contribution in [1.82, 2.24) is 5.32 Å². The molecule has 0 aliphatic carbocycles. The van der Waals surface area contributed by atoms with Gasteiger partial charge in [0.25, 0.3) is 5.91 Å². The van der Waals surface area contributed by atoms with E-state index in [1.54, 1.807) is 26.0 Å². The predicted molar refractivity (Wildman–Crippen MR) is 95.6 cm³/mol. The van der Waals surface area contributed by atoms with Crippen molar-refractivity contribution in [3.63, 3.8) is 0 Å². The normalized spacial score (nSPS) is 13.5. The number of phenols is 1. The van der Waals surface area contributed by atoms with Crippen LogP contribution in [0.15, 0.2) is 58.8 Å². The Balaban J connectivity index is 3.30. The van der Waals surface area contributed by atoms with E-state index in [0.717, 1.165) is 0 Å². The Labute approximate surface area is 142 Å². The van der Waals surface area contributed by atoms with Gasteiger partial charge in [0.2, 0.25) is 0 Å². The summed E-state index contributed by atoms with van der Waals surface area (Å²) in [6.07, 6.45) is 7.34. The number of allylic oxidation sites excluding steroid dienone is 5. The number of aliphatic imine (C=N–C) groups is 1. The third-order valence-electron chi connectivity index (χ3n) is 3.22. The number of benzene rings is 1. The molecule has 4 nitrogen and oxygen atoms in total. The SMILES string of the molecule is C\C=C/C=C\C(C)=C(\N=C(C)c1ccc(O)c(F)c1)C(=O)NCC. The number of nitrogens with one attached hydrogen (secondary N) is 1. The van der Waals surface area contributed by atoms with Crippen LogP contribution in [0, 0.1) is 5.82 Å². The van der Waals surface area contributed by atoms with Crippen molar-refractivity contribution in [1.29, 1.82) is 0 Å². The van der Waals surface area contributed by atoms with Crippen LogP contribution < -0.4 is 5.32 Å². The van der Waals surface area contributed by atoms with Crippen molar-refractivity contribution in [3.8, 4) is 5.75 Å². The molecule has 0 radical (unpaired) electrons. The zero-order valence-electron chi connectivity index (χ0n) is 14.4. The van der Waals surface area contributed by atoms with E-state index < -0.39 is 11.6 Å². The molecule has 0 unspecified atom stereocenters. The minimum atomic E-state index is -0.727. The quantitative estimate of drug-likeness (QED) is 0.472. The lowest BCUT2D eigenvalue weighted by Crippen LogP contribution is -2.25. The first-order chi connectivity index (χ1) is 11.4. The lowest BCUT2D eigenvalue weighted by atomic mass is 10.1. The van der Waals surface area contributed by atoms with Gasteiger partial charge in [0.1, 0.15) is 5.70 Å². The van der Waals surface area contributed by atoms with Gasteiger partial charge in [0, 0.05) is 12.3 Å². The van der Waals surface area contributed by atoms with Crippen molar-refractivity contribution in [2.75, 3.05) is 6.54 Å². The molecule has 0 saturated carbocycles. The van der Waals surface area contributed by atoms with Crippen molar-refractivity contribution in [3.05, 3.63) is 65.2 Å². The molecule has 1 aromatic rings. The summed E-state index contributed by atoms with van der Waals surface area (Å²) in [5.74, 6) is -1.44. The van der Waals surface area contributed by atoms with E-state index in [-0.39, 0.29) is 11.6 Å². The van der Waals surface area contributed by atoms with Crippen LogP contribution in [0.25, 0.3) is 0 Å². The molecular weight excluding hydrogens is 307 g/mol. The number of aromatic hydroxyl groups is 1. The zero-order chi connectivity index (χ0) is 18.1. The molecule has 0 saturated heterocycles. The highest BCUT2D eigenvalue weighted by atomic mass is 19.1. The molecule has 0 heterocycles. The third-order valence-corrected chi connectivity index (χ3v) is 3.22. The molecule has 1 amide bonds. The van der Waals surface area contributed by atoms with Crippen molar-refractivity contribution < 1.29 is 14.3 Å². The van der Waals surface area contributed by atoms with Crippen LogP contribution in [-0.4, -0.2) is 23.3 Å². The minimum Gasteiger partial charge on any atom is -0.505 e. The largest absolute Gasteiger partial charge is 0.505 e. The van der Waals surface area contributed by atoms with E-state index in [0.29, 0.717) is 23.4 Å². The number of phenolic OH excluding ortho intramolecular Hbond substituents is 1. The van der Waals surface area contributed by atoms with E-state index in [1.165, 1.54) is 12.1 Å². The summed E-state index contributed by atoms with van der Waals surface area (Å²) in [4.78, 5) is 16.6. The average molecular weight is 330 g/mol. The van der Waals surface area contributed by atoms with Crippen molar-refractivity contribution in [2.24, 2.45) is 4.99 Å². The second-order valence-corrected chi connectivity index (χ2v) is 5.14. The van der Waals surface area contributed by atoms with Crippen molar-refractivity contribution in [2.45, 2.75) is 27.7 Å². The summed E-state index contributed by atoms with van der Waals surface area (Å²) >= 11 is 0. The highest BCUT2D eigenvalue weighted by Gasteiger charge is 2.12. The first kappa shape index (κ1) is 19.4. The molecule has 0 aromatic heterocycles. The van der Waals surface area contributed by atoms with Crippen LogP contribution in [0.2, 0.25) is 0 Å². The monoisotopic (exact) mass is 330 g/mol. The lowest BCUT2D eigenvalue weighted by molar-refractivity contribution is -0.117. The fourth-order valence-corrected chi connectivity index (χ4v) is 1.92. The summed E-state index contributed by atoms with van der Waals surface area (Å²) in [5, 5.41) is 12.0. The fraction of sp³-hybridized carbons (Fsp3) is 0.263. The Kier molecular flexibility index (Phi) is 7.62. The molecule has 0 spiro atoms. The molecule has 1 rings (SSSR count). The first-order valence-corrected chi connectivity index (χ1v) is 7.73. The number of hydrogen-bond donors (Lipinski definition) is 2. The van der Waals surface area contributed by atoms with Gasteiger partial charge in [0.05, 0.1) is 0 Å². The minimum absolute atomic E-state index is 0.267. The molecule has 0 aliphatic rings. The second kappa shape index (κ2) is 9.45. The Morgan fingerprint density at radius 3 is 2.62 bits per heavy atom. The van der Waals surface area contributed by atoms with Gasteiger partial charge in [-0.1, -0.05) is 24.3 Å². The highest BCUT2D eigenvalue weighted by molar-refractivity contribution is 6.04. The standard InChI is InChI=1S/C19H23FN2O2/c1-5-7-8-9-13(3)18(19(24)21-6-2)22-14(4)15-10-11-17(23)16(20)12-15/h5,7-12,23H,6H2,1-4H3,(H,21,24)/b7-5-,9-8-,18-13+,22-14?. The Morgan fingerprint density at radius 2 is 2.04 bits per heavy atom. The number of rotatable bonds is 6. The molecule has 1 aromatic carbocycles. The van der Waals surface area contributed by atoms with Gasteiger partial charge in [0.15, 0.2) is 11.6 Å². The van der Waals surface area contributed by atoms with Gasteiger partial charge < -0.3 is 10.4 Å². The first-order valence-electron chi connectivity index (χ1n) is 7.73. The Morgan fingerprint density at radius 1 is 1.33 bits per heavy atom. The van der Waals surface area contributed by atoms with Gasteiger partial charge >= 0.3 is 0 Å². The summed E-state index contributed by atoms with van der Waals surface area (Å²) < 4.78 is 13.5. The number of likely N-dealkylation sites (N-methyl/N-ethyl adjacent to an activating group) is 1. The topological polar surface area (TPSA) is 61.7 Å². The molecule has 0 fully saturated rings. The van der Waals surface area contributed by atoms with Crippen molar-refractivity contribution >= 4 is 11.6 Å². The van der Waals surface area contributed by atoms with Gasteiger partial charge in [-0.3, -0.25) is 4.79 Å². The molecule has 128 valence electrons. The van der Waals surface area contributed by atoms with Crippen LogP contribution in [0.4, 0.5) is 4.39 Å². The summed E-state index contributed by atoms with van der Waals surface area (Å²) in [6, 6.07) is 4.00. The maximum absolute atomic E-state index is 13.5. The summed E-state index contributed by atoms with van der Waals surface area (Å²) in [6.45, 7) is 7.69. The predicted octanol–water partition coefficient (Wildman–Crippen LogP) is 3.88. The molecule has 24 heavy (non-hydrogen) atoms. The second-order valence-electron chi connectivity index (χ2n) is 5.14. The summed E-state index contributed by atoms with van der Waals surface area (Å²) in [5.41, 5.74) is 1.94. The third kappa shape index (κ3) is 5.50. The van der Waals surface area contributed by atoms with E-state index in [2.05, 4.69) is 10.3 Å². The van der Waals surface area contributed by atoms with E-state index in [1.807, 2.05) is 32.1 Å². The van der Waals surface area contributed by atoms with Gasteiger partial charge in [-0.2, -0.15) is 0 Å². The number of carbonyl (C=O) groups excluding carboxylic acids is 1. The fourth-order valence-electron chi connectivity index (χ4n) is 1.92. The van der Waals surface area contributed by atoms with Gasteiger partial charge in [-0.05, 0) is 57.0 Å². The molecular formula is C19H23FN2O2. The molecule has 2 N–H and O–H groups in total. The number of hydrogen-bond acceptors (Lipinski definition) is 3. The average Bonchev–Trinajstić information content (AvgIpc) is 2.55. The van der Waals surface area contributed by atoms with Crippen LogP contribution in [0.5, 0.6) is 5.75 Å². The van der Waals surface area contributed by atoms with E-state index in [9.17, 15) is 14.3 Å².